The van der Waals surface area contributed by atoms with E-state index in [0.29, 0.717) is 13.0 Å². The number of nitrogens with zero attached hydrogens (tertiary/aromatic N) is 2. The molecular weight excluding hydrogens is 348 g/mol. The molecule has 0 aliphatic carbocycles. The SMILES string of the molecule is Cl.O=C1Cc2cc(C3=NNC(=NCc4ccco4)SC3)ccc2N1. The van der Waals surface area contributed by atoms with Crippen molar-refractivity contribution in [3.05, 3.63) is 53.5 Å². The number of aliphatic imine (C=N–C) groups is 1. The summed E-state index contributed by atoms with van der Waals surface area (Å²) < 4.78 is 5.25. The van der Waals surface area contributed by atoms with Crippen LogP contribution in [-0.4, -0.2) is 22.5 Å². The van der Waals surface area contributed by atoms with Gasteiger partial charge in [0.1, 0.15) is 5.76 Å². The average Bonchev–Trinajstić information content (AvgIpc) is 3.21. The van der Waals surface area contributed by atoms with Crippen molar-refractivity contribution in [1.82, 2.24) is 5.43 Å². The van der Waals surface area contributed by atoms with Crippen LogP contribution in [0.2, 0.25) is 0 Å². The minimum Gasteiger partial charge on any atom is -0.467 e. The number of halogens is 1. The fourth-order valence-electron chi connectivity index (χ4n) is 2.51. The van der Waals surface area contributed by atoms with Gasteiger partial charge >= 0.3 is 0 Å². The molecule has 0 radical (unpaired) electrons. The molecule has 0 saturated carbocycles. The molecule has 2 aromatic rings. The number of furan rings is 1. The lowest BCUT2D eigenvalue weighted by Gasteiger charge is -2.15. The number of hydrogen-bond donors (Lipinski definition) is 2. The Morgan fingerprint density at radius 1 is 1.33 bits per heavy atom. The van der Waals surface area contributed by atoms with Gasteiger partial charge in [-0.2, -0.15) is 5.10 Å². The van der Waals surface area contributed by atoms with Crippen LogP contribution in [0.4, 0.5) is 5.69 Å². The number of fused-ring (bicyclic) bond motifs is 1. The normalized spacial score (nSPS) is 17.6. The Labute approximate surface area is 149 Å². The molecule has 1 aromatic heterocycles. The van der Waals surface area contributed by atoms with E-state index in [1.165, 1.54) is 0 Å². The molecule has 4 rings (SSSR count). The first kappa shape index (κ1) is 16.6. The number of hydrogen-bond acceptors (Lipinski definition) is 5. The lowest BCUT2D eigenvalue weighted by molar-refractivity contribution is -0.115. The summed E-state index contributed by atoms with van der Waals surface area (Å²) in [6.45, 7) is 0.500. The van der Waals surface area contributed by atoms with Crippen LogP contribution in [0.5, 0.6) is 0 Å². The molecule has 1 aromatic carbocycles. The van der Waals surface area contributed by atoms with Gasteiger partial charge in [-0.3, -0.25) is 15.2 Å². The lowest BCUT2D eigenvalue weighted by atomic mass is 10.1. The Hall–Kier alpha value is -2.25. The third kappa shape index (κ3) is 3.47. The summed E-state index contributed by atoms with van der Waals surface area (Å²) in [4.78, 5) is 15.9. The van der Waals surface area contributed by atoms with E-state index in [0.717, 1.165) is 39.2 Å². The van der Waals surface area contributed by atoms with Crippen molar-refractivity contribution in [1.29, 1.82) is 0 Å². The number of amides is 1. The molecule has 2 N–H and O–H groups in total. The van der Waals surface area contributed by atoms with Gasteiger partial charge in [-0.1, -0.05) is 17.8 Å². The molecule has 0 unspecified atom stereocenters. The number of benzene rings is 1. The first-order valence-electron chi connectivity index (χ1n) is 7.23. The van der Waals surface area contributed by atoms with Crippen LogP contribution >= 0.6 is 24.2 Å². The van der Waals surface area contributed by atoms with Crippen molar-refractivity contribution >= 4 is 46.6 Å². The highest BCUT2D eigenvalue weighted by Gasteiger charge is 2.20. The number of rotatable bonds is 3. The highest BCUT2D eigenvalue weighted by atomic mass is 35.5. The molecule has 6 nitrogen and oxygen atoms in total. The van der Waals surface area contributed by atoms with E-state index in [1.54, 1.807) is 18.0 Å². The van der Waals surface area contributed by atoms with Crippen LogP contribution in [0.1, 0.15) is 16.9 Å². The van der Waals surface area contributed by atoms with E-state index < -0.39 is 0 Å². The largest absolute Gasteiger partial charge is 0.467 e. The smallest absolute Gasteiger partial charge is 0.228 e. The number of carbonyl (C=O) groups is 1. The number of thioether (sulfide) groups is 1. The Bertz CT molecular complexity index is 817. The first-order chi connectivity index (χ1) is 11.3. The van der Waals surface area contributed by atoms with E-state index in [9.17, 15) is 4.79 Å². The second-order valence-electron chi connectivity index (χ2n) is 5.26. The molecule has 0 saturated heterocycles. The van der Waals surface area contributed by atoms with Gasteiger partial charge in [0.15, 0.2) is 5.17 Å². The van der Waals surface area contributed by atoms with Crippen LogP contribution in [0.15, 0.2) is 51.1 Å². The molecule has 3 heterocycles. The van der Waals surface area contributed by atoms with E-state index in [1.807, 2.05) is 30.3 Å². The Kier molecular flexibility index (Phi) is 4.92. The molecule has 0 fully saturated rings. The minimum absolute atomic E-state index is 0. The summed E-state index contributed by atoms with van der Waals surface area (Å²) in [7, 11) is 0. The number of carbonyl (C=O) groups excluding carboxylic acids is 1. The van der Waals surface area contributed by atoms with Crippen LogP contribution < -0.4 is 10.7 Å². The van der Waals surface area contributed by atoms with Gasteiger partial charge in [0, 0.05) is 11.4 Å². The van der Waals surface area contributed by atoms with Crippen molar-refractivity contribution in [2.45, 2.75) is 13.0 Å². The van der Waals surface area contributed by atoms with Crippen molar-refractivity contribution in [3.8, 4) is 0 Å². The van der Waals surface area contributed by atoms with Gasteiger partial charge in [0.2, 0.25) is 5.91 Å². The standard InChI is InChI=1S/C16H14N4O2S.ClH/c21-15-7-11-6-10(3-4-13(11)18-15)14-9-23-16(20-19-14)17-8-12-2-1-5-22-12;/h1-6H,7-9H2,(H,17,20)(H,18,21);1H. The zero-order chi connectivity index (χ0) is 15.6. The molecule has 0 spiro atoms. The fourth-order valence-corrected chi connectivity index (χ4v) is 3.28. The van der Waals surface area contributed by atoms with E-state index in [4.69, 9.17) is 4.42 Å². The maximum atomic E-state index is 11.4. The van der Waals surface area contributed by atoms with E-state index in [2.05, 4.69) is 20.8 Å². The van der Waals surface area contributed by atoms with Gasteiger partial charge in [0.05, 0.1) is 24.9 Å². The minimum atomic E-state index is 0. The quantitative estimate of drug-likeness (QED) is 0.880. The van der Waals surface area contributed by atoms with Crippen molar-refractivity contribution < 1.29 is 9.21 Å². The molecule has 0 bridgehead atoms. The summed E-state index contributed by atoms with van der Waals surface area (Å²) in [5.41, 5.74) is 6.89. The molecular formula is C16H15ClN4O2S. The van der Waals surface area contributed by atoms with Crippen LogP contribution in [0.3, 0.4) is 0 Å². The lowest BCUT2D eigenvalue weighted by Crippen LogP contribution is -2.25. The Balaban J connectivity index is 0.00000169. The third-order valence-electron chi connectivity index (χ3n) is 3.65. The average molecular weight is 363 g/mol. The monoisotopic (exact) mass is 362 g/mol. The number of hydrazone groups is 1. The molecule has 24 heavy (non-hydrogen) atoms. The zero-order valence-electron chi connectivity index (χ0n) is 12.6. The molecule has 8 heteroatoms. The van der Waals surface area contributed by atoms with Crippen molar-refractivity contribution in [2.75, 3.05) is 11.1 Å². The second kappa shape index (κ2) is 7.11. The molecule has 124 valence electrons. The first-order valence-corrected chi connectivity index (χ1v) is 8.22. The van der Waals surface area contributed by atoms with E-state index >= 15 is 0 Å². The maximum Gasteiger partial charge on any atom is 0.228 e. The second-order valence-corrected chi connectivity index (χ2v) is 6.22. The fraction of sp³-hybridized carbons (Fsp3) is 0.188. The number of anilines is 1. The molecule has 1 amide bonds. The molecule has 2 aliphatic heterocycles. The Morgan fingerprint density at radius 3 is 3.00 bits per heavy atom. The van der Waals surface area contributed by atoms with Gasteiger partial charge < -0.3 is 9.73 Å². The summed E-state index contributed by atoms with van der Waals surface area (Å²) in [5.74, 6) is 1.61. The predicted octanol–water partition coefficient (Wildman–Crippen LogP) is 2.79. The summed E-state index contributed by atoms with van der Waals surface area (Å²) >= 11 is 1.61. The van der Waals surface area contributed by atoms with Crippen molar-refractivity contribution in [3.63, 3.8) is 0 Å². The van der Waals surface area contributed by atoms with Crippen LogP contribution in [0.25, 0.3) is 0 Å². The van der Waals surface area contributed by atoms with Gasteiger partial charge in [-0.05, 0) is 35.4 Å². The van der Waals surface area contributed by atoms with Crippen molar-refractivity contribution in [2.24, 2.45) is 10.1 Å². The highest BCUT2D eigenvalue weighted by Crippen LogP contribution is 2.25. The molecule has 2 aliphatic rings. The topological polar surface area (TPSA) is 79.0 Å². The Morgan fingerprint density at radius 2 is 2.25 bits per heavy atom. The number of amidine groups is 1. The van der Waals surface area contributed by atoms with Crippen LogP contribution in [0, 0.1) is 0 Å². The zero-order valence-corrected chi connectivity index (χ0v) is 14.2. The number of nitrogens with one attached hydrogen (secondary N) is 2. The highest BCUT2D eigenvalue weighted by molar-refractivity contribution is 8.14. The predicted molar refractivity (Wildman–Crippen MR) is 98.0 cm³/mol. The van der Waals surface area contributed by atoms with Crippen LogP contribution in [-0.2, 0) is 17.8 Å². The van der Waals surface area contributed by atoms with Gasteiger partial charge in [-0.25, -0.2) is 0 Å². The summed E-state index contributed by atoms with van der Waals surface area (Å²) in [6, 6.07) is 9.69. The third-order valence-corrected chi connectivity index (χ3v) is 4.57. The maximum absolute atomic E-state index is 11.4. The van der Waals surface area contributed by atoms with Gasteiger partial charge in [-0.15, -0.1) is 12.4 Å². The van der Waals surface area contributed by atoms with Gasteiger partial charge in [0.25, 0.3) is 0 Å². The summed E-state index contributed by atoms with van der Waals surface area (Å²) in [5, 5.41) is 8.02. The molecule has 0 atom stereocenters. The van der Waals surface area contributed by atoms with E-state index in [-0.39, 0.29) is 18.3 Å². The summed E-state index contributed by atoms with van der Waals surface area (Å²) in [6.07, 6.45) is 2.08.